The first-order valence-electron chi connectivity index (χ1n) is 10.3. The van der Waals surface area contributed by atoms with Gasteiger partial charge in [-0.3, -0.25) is 5.32 Å². The van der Waals surface area contributed by atoms with Crippen molar-refractivity contribution in [3.05, 3.63) is 95.4 Å². The minimum atomic E-state index is -0.0355. The van der Waals surface area contributed by atoms with E-state index in [-0.39, 0.29) is 6.23 Å². The number of aryl methyl sites for hydroxylation is 1. The first kappa shape index (κ1) is 19.9. The Hall–Kier alpha value is -3.37. The second-order valence-electron chi connectivity index (χ2n) is 7.31. The number of para-hydroxylation sites is 2. The molecular weight excluding hydrogens is 372 g/mol. The molecule has 0 spiro atoms. The highest BCUT2D eigenvalue weighted by molar-refractivity contribution is 5.75. The van der Waals surface area contributed by atoms with Gasteiger partial charge in [-0.2, -0.15) is 0 Å². The molecule has 3 aromatic carbocycles. The summed E-state index contributed by atoms with van der Waals surface area (Å²) in [6, 6.07) is 24.3. The standard InChI is InChI=1S/C26H26N2O2/c1-3-25(27-18-21-8-6-7-19(2)17-21)29-22-14-11-20(12-15-22)13-16-26-28-23-9-4-5-10-24(23)30-26/h4-17,25,27H,3,18H2,1-2H3. The van der Waals surface area contributed by atoms with Crippen molar-refractivity contribution in [1.82, 2.24) is 10.3 Å². The number of nitrogens with one attached hydrogen (secondary N) is 1. The van der Waals surface area contributed by atoms with Crippen LogP contribution in [0.3, 0.4) is 0 Å². The Kier molecular flexibility index (Phi) is 6.26. The van der Waals surface area contributed by atoms with Crippen molar-refractivity contribution in [3.63, 3.8) is 0 Å². The fourth-order valence-electron chi connectivity index (χ4n) is 3.27. The van der Waals surface area contributed by atoms with E-state index in [1.165, 1.54) is 11.1 Å². The molecule has 1 heterocycles. The van der Waals surface area contributed by atoms with Crippen LogP contribution in [0.4, 0.5) is 0 Å². The minimum Gasteiger partial charge on any atom is -0.475 e. The number of hydrogen-bond donors (Lipinski definition) is 1. The predicted molar refractivity (Wildman–Crippen MR) is 122 cm³/mol. The van der Waals surface area contributed by atoms with Crippen molar-refractivity contribution in [2.24, 2.45) is 0 Å². The lowest BCUT2D eigenvalue weighted by Crippen LogP contribution is -2.33. The summed E-state index contributed by atoms with van der Waals surface area (Å²) >= 11 is 0. The molecule has 1 unspecified atom stereocenters. The van der Waals surface area contributed by atoms with Crippen molar-refractivity contribution in [2.45, 2.75) is 33.0 Å². The Morgan fingerprint density at radius 3 is 2.60 bits per heavy atom. The molecule has 0 fully saturated rings. The Bertz CT molecular complexity index is 1100. The van der Waals surface area contributed by atoms with Gasteiger partial charge in [0.15, 0.2) is 5.58 Å². The van der Waals surface area contributed by atoms with E-state index in [2.05, 4.69) is 48.4 Å². The summed E-state index contributed by atoms with van der Waals surface area (Å²) in [6.07, 6.45) is 4.72. The molecule has 30 heavy (non-hydrogen) atoms. The average molecular weight is 399 g/mol. The highest BCUT2D eigenvalue weighted by Crippen LogP contribution is 2.19. The predicted octanol–water partition coefficient (Wildman–Crippen LogP) is 6.21. The van der Waals surface area contributed by atoms with Gasteiger partial charge in [0.25, 0.3) is 0 Å². The first-order chi connectivity index (χ1) is 14.7. The van der Waals surface area contributed by atoms with Crippen LogP contribution in [0.5, 0.6) is 5.75 Å². The van der Waals surface area contributed by atoms with E-state index in [1.54, 1.807) is 0 Å². The molecule has 0 saturated heterocycles. The number of ether oxygens (including phenoxy) is 1. The average Bonchev–Trinajstić information content (AvgIpc) is 3.19. The molecule has 4 heteroatoms. The quantitative estimate of drug-likeness (QED) is 0.358. The topological polar surface area (TPSA) is 47.3 Å². The molecule has 1 atom stereocenters. The molecule has 0 amide bonds. The van der Waals surface area contributed by atoms with Crippen LogP contribution in [0, 0.1) is 6.92 Å². The van der Waals surface area contributed by atoms with E-state index in [0.717, 1.165) is 35.4 Å². The van der Waals surface area contributed by atoms with Crippen molar-refractivity contribution in [1.29, 1.82) is 0 Å². The van der Waals surface area contributed by atoms with Gasteiger partial charge in [0.2, 0.25) is 5.89 Å². The zero-order valence-electron chi connectivity index (χ0n) is 17.3. The van der Waals surface area contributed by atoms with Gasteiger partial charge in [0.05, 0.1) is 0 Å². The first-order valence-corrected chi connectivity index (χ1v) is 10.3. The van der Waals surface area contributed by atoms with Crippen LogP contribution in [-0.4, -0.2) is 11.2 Å². The number of oxazole rings is 1. The normalized spacial score (nSPS) is 12.5. The molecule has 152 valence electrons. The molecule has 1 aromatic heterocycles. The van der Waals surface area contributed by atoms with Gasteiger partial charge in [-0.15, -0.1) is 0 Å². The lowest BCUT2D eigenvalue weighted by molar-refractivity contribution is 0.157. The van der Waals surface area contributed by atoms with Crippen LogP contribution in [0.1, 0.15) is 35.9 Å². The summed E-state index contributed by atoms with van der Waals surface area (Å²) in [5.74, 6) is 1.44. The van der Waals surface area contributed by atoms with Crippen LogP contribution in [0.2, 0.25) is 0 Å². The molecular formula is C26H26N2O2. The largest absolute Gasteiger partial charge is 0.475 e. The highest BCUT2D eigenvalue weighted by atomic mass is 16.5. The molecule has 0 radical (unpaired) electrons. The molecule has 0 aliphatic rings. The van der Waals surface area contributed by atoms with Gasteiger partial charge >= 0.3 is 0 Å². The maximum atomic E-state index is 6.11. The number of nitrogens with zero attached hydrogens (tertiary/aromatic N) is 1. The molecule has 0 aliphatic carbocycles. The summed E-state index contributed by atoms with van der Waals surface area (Å²) in [4.78, 5) is 4.46. The highest BCUT2D eigenvalue weighted by Gasteiger charge is 2.08. The molecule has 4 nitrogen and oxygen atoms in total. The second kappa shape index (κ2) is 9.42. The Morgan fingerprint density at radius 1 is 1.00 bits per heavy atom. The molecule has 0 bridgehead atoms. The van der Waals surface area contributed by atoms with Gasteiger partial charge in [0, 0.05) is 12.6 Å². The number of benzene rings is 3. The van der Waals surface area contributed by atoms with Gasteiger partial charge in [-0.25, -0.2) is 4.98 Å². The molecule has 4 rings (SSSR count). The van der Waals surface area contributed by atoms with E-state index >= 15 is 0 Å². The summed E-state index contributed by atoms with van der Waals surface area (Å²) in [6.45, 7) is 5.01. The number of hydrogen-bond acceptors (Lipinski definition) is 4. The lowest BCUT2D eigenvalue weighted by atomic mass is 10.1. The van der Waals surface area contributed by atoms with Crippen LogP contribution < -0.4 is 10.1 Å². The summed E-state index contributed by atoms with van der Waals surface area (Å²) in [5.41, 5.74) is 5.25. The summed E-state index contributed by atoms with van der Waals surface area (Å²) in [7, 11) is 0. The van der Waals surface area contributed by atoms with Crippen molar-refractivity contribution >= 4 is 23.3 Å². The zero-order valence-corrected chi connectivity index (χ0v) is 17.3. The molecule has 0 aliphatic heterocycles. The Morgan fingerprint density at radius 2 is 1.83 bits per heavy atom. The minimum absolute atomic E-state index is 0.0355. The van der Waals surface area contributed by atoms with Gasteiger partial charge in [-0.1, -0.05) is 61.0 Å². The van der Waals surface area contributed by atoms with E-state index in [9.17, 15) is 0 Å². The lowest BCUT2D eigenvalue weighted by Gasteiger charge is -2.19. The Labute approximate surface area is 177 Å². The molecule has 1 N–H and O–H groups in total. The fraction of sp³-hybridized carbons (Fsp3) is 0.192. The summed E-state index contributed by atoms with van der Waals surface area (Å²) in [5, 5.41) is 3.48. The number of aromatic nitrogens is 1. The zero-order chi connectivity index (χ0) is 20.8. The van der Waals surface area contributed by atoms with E-state index in [0.29, 0.717) is 5.89 Å². The summed E-state index contributed by atoms with van der Waals surface area (Å²) < 4.78 is 11.8. The second-order valence-corrected chi connectivity index (χ2v) is 7.31. The van der Waals surface area contributed by atoms with Crippen LogP contribution in [-0.2, 0) is 6.54 Å². The SMILES string of the molecule is CCC(NCc1cccc(C)c1)Oc1ccc(C=Cc2nc3ccccc3o2)cc1. The van der Waals surface area contributed by atoms with Crippen molar-refractivity contribution in [3.8, 4) is 5.75 Å². The van der Waals surface area contributed by atoms with Gasteiger partial charge in [-0.05, 0) is 54.8 Å². The van der Waals surface area contributed by atoms with Crippen LogP contribution in [0.15, 0.2) is 77.2 Å². The smallest absolute Gasteiger partial charge is 0.220 e. The number of fused-ring (bicyclic) bond motifs is 1. The van der Waals surface area contributed by atoms with Crippen molar-refractivity contribution in [2.75, 3.05) is 0 Å². The third-order valence-electron chi connectivity index (χ3n) is 4.87. The van der Waals surface area contributed by atoms with Crippen LogP contribution >= 0.6 is 0 Å². The third-order valence-corrected chi connectivity index (χ3v) is 4.87. The Balaban J connectivity index is 1.35. The fourth-order valence-corrected chi connectivity index (χ4v) is 3.27. The van der Waals surface area contributed by atoms with E-state index in [4.69, 9.17) is 9.15 Å². The van der Waals surface area contributed by atoms with Crippen LogP contribution in [0.25, 0.3) is 23.3 Å². The monoisotopic (exact) mass is 398 g/mol. The maximum absolute atomic E-state index is 6.11. The number of rotatable bonds is 8. The van der Waals surface area contributed by atoms with E-state index in [1.807, 2.05) is 60.7 Å². The molecule has 0 saturated carbocycles. The maximum Gasteiger partial charge on any atom is 0.220 e. The van der Waals surface area contributed by atoms with E-state index < -0.39 is 0 Å². The van der Waals surface area contributed by atoms with Gasteiger partial charge in [0.1, 0.15) is 17.5 Å². The van der Waals surface area contributed by atoms with Crippen molar-refractivity contribution < 1.29 is 9.15 Å². The van der Waals surface area contributed by atoms with Gasteiger partial charge < -0.3 is 9.15 Å². The third kappa shape index (κ3) is 5.16. The molecule has 4 aromatic rings.